The van der Waals surface area contributed by atoms with E-state index in [0.29, 0.717) is 5.01 Å². The lowest BCUT2D eigenvalue weighted by Crippen LogP contribution is -2.62. The van der Waals surface area contributed by atoms with Crippen LogP contribution < -0.4 is 10.6 Å². The number of esters is 3. The van der Waals surface area contributed by atoms with E-state index in [1.165, 1.54) is 0 Å². The zero-order valence-corrected chi connectivity index (χ0v) is 18.5. The Morgan fingerprint density at radius 3 is 1.66 bits per heavy atom. The van der Waals surface area contributed by atoms with Crippen LogP contribution in [0.1, 0.15) is 41.5 Å². The van der Waals surface area contributed by atoms with Crippen LogP contribution in [-0.2, 0) is 47.7 Å². The summed E-state index contributed by atoms with van der Waals surface area (Å²) in [6, 6.07) is 0. The Balaban J connectivity index is 3.46. The van der Waals surface area contributed by atoms with Gasteiger partial charge in [0.15, 0.2) is 24.5 Å². The molecule has 0 saturated carbocycles. The molecule has 1 aliphatic rings. The molecule has 1 heterocycles. The van der Waals surface area contributed by atoms with Crippen LogP contribution >= 0.6 is 0 Å². The fourth-order valence-corrected chi connectivity index (χ4v) is 2.76. The maximum absolute atomic E-state index is 12.3. The van der Waals surface area contributed by atoms with Crippen molar-refractivity contribution in [2.24, 2.45) is 5.10 Å². The van der Waals surface area contributed by atoms with Gasteiger partial charge in [0.2, 0.25) is 23.7 Å². The van der Waals surface area contributed by atoms with Crippen molar-refractivity contribution in [2.45, 2.75) is 66.1 Å². The van der Waals surface area contributed by atoms with Gasteiger partial charge in [-0.2, -0.15) is 5.01 Å². The van der Waals surface area contributed by atoms with E-state index in [1.807, 2.05) is 0 Å². The number of carbonyl (C=O) groups is 6. The molecule has 3 amide bonds. The standard InChI is InChI=1S/C18H26N4O10/c1-8(23)19-18(20-9(2)24)21-22(10(3)25)17-16(32-13(6)28)15(31-12(5)27)14(7-29-17)30-11(4)26/h14-17H,7H2,1-6H3,(H2,19,20,21,23,24)/t14-,15+,16-,17-/m1/s1. The molecule has 0 bridgehead atoms. The number of hydrogen-bond donors (Lipinski definition) is 2. The van der Waals surface area contributed by atoms with E-state index >= 15 is 0 Å². The molecule has 4 atom stereocenters. The Hall–Kier alpha value is -3.55. The van der Waals surface area contributed by atoms with Gasteiger partial charge in [0.25, 0.3) is 0 Å². The lowest BCUT2D eigenvalue weighted by molar-refractivity contribution is -0.248. The third kappa shape index (κ3) is 8.29. The van der Waals surface area contributed by atoms with Crippen molar-refractivity contribution in [2.75, 3.05) is 6.61 Å². The molecule has 1 rings (SSSR count). The van der Waals surface area contributed by atoms with Gasteiger partial charge in [-0.15, -0.1) is 5.10 Å². The van der Waals surface area contributed by atoms with E-state index < -0.39 is 66.1 Å². The Kier molecular flexibility index (Phi) is 9.71. The van der Waals surface area contributed by atoms with Gasteiger partial charge in [0, 0.05) is 41.5 Å². The summed E-state index contributed by atoms with van der Waals surface area (Å²) >= 11 is 0. The van der Waals surface area contributed by atoms with E-state index in [1.54, 1.807) is 0 Å². The summed E-state index contributed by atoms with van der Waals surface area (Å²) in [4.78, 5) is 70.1. The minimum atomic E-state index is -1.47. The van der Waals surface area contributed by atoms with Crippen molar-refractivity contribution in [1.29, 1.82) is 0 Å². The first-order valence-corrected chi connectivity index (χ1v) is 9.38. The summed E-state index contributed by atoms with van der Waals surface area (Å²) in [5.74, 6) is -4.66. The van der Waals surface area contributed by atoms with Gasteiger partial charge in [0.1, 0.15) is 0 Å². The summed E-state index contributed by atoms with van der Waals surface area (Å²) in [5.41, 5.74) is 0. The van der Waals surface area contributed by atoms with Gasteiger partial charge in [-0.05, 0) is 0 Å². The minimum Gasteiger partial charge on any atom is -0.456 e. The minimum absolute atomic E-state index is 0.352. The Labute approximate surface area is 183 Å². The van der Waals surface area contributed by atoms with Gasteiger partial charge in [-0.3, -0.25) is 39.4 Å². The predicted molar refractivity (Wildman–Crippen MR) is 104 cm³/mol. The Morgan fingerprint density at radius 2 is 1.25 bits per heavy atom. The lowest BCUT2D eigenvalue weighted by atomic mass is 10.0. The van der Waals surface area contributed by atoms with Crippen LogP contribution in [0.3, 0.4) is 0 Å². The molecule has 1 fully saturated rings. The highest BCUT2D eigenvalue weighted by atomic mass is 16.6. The maximum Gasteiger partial charge on any atom is 0.303 e. The smallest absolute Gasteiger partial charge is 0.303 e. The highest BCUT2D eigenvalue weighted by Gasteiger charge is 2.50. The van der Waals surface area contributed by atoms with Crippen molar-refractivity contribution in [3.8, 4) is 0 Å². The summed E-state index contributed by atoms with van der Waals surface area (Å²) in [6.45, 7) is 6.32. The monoisotopic (exact) mass is 458 g/mol. The Morgan fingerprint density at radius 1 is 0.781 bits per heavy atom. The highest BCUT2D eigenvalue weighted by Crippen LogP contribution is 2.27. The molecule has 1 aliphatic heterocycles. The van der Waals surface area contributed by atoms with Crippen LogP contribution in [0.15, 0.2) is 5.10 Å². The molecule has 14 heteroatoms. The highest BCUT2D eigenvalue weighted by molar-refractivity contribution is 6.03. The largest absolute Gasteiger partial charge is 0.456 e. The second-order valence-electron chi connectivity index (χ2n) is 6.69. The number of carbonyl (C=O) groups excluding carboxylic acids is 6. The van der Waals surface area contributed by atoms with Crippen LogP contribution in [-0.4, -0.2) is 77.7 Å². The zero-order chi connectivity index (χ0) is 24.6. The van der Waals surface area contributed by atoms with Crippen LogP contribution in [0.25, 0.3) is 0 Å². The van der Waals surface area contributed by atoms with E-state index in [2.05, 4.69) is 15.7 Å². The average Bonchev–Trinajstić information content (AvgIpc) is 2.60. The van der Waals surface area contributed by atoms with Crippen molar-refractivity contribution in [3.05, 3.63) is 0 Å². The molecule has 178 valence electrons. The second kappa shape index (κ2) is 11.7. The van der Waals surface area contributed by atoms with Crippen LogP contribution in [0.4, 0.5) is 0 Å². The third-order valence-electron chi connectivity index (χ3n) is 3.68. The van der Waals surface area contributed by atoms with Gasteiger partial charge in [-0.1, -0.05) is 0 Å². The number of guanidine groups is 1. The first-order valence-electron chi connectivity index (χ1n) is 9.38. The number of rotatable bonds is 5. The van der Waals surface area contributed by atoms with Gasteiger partial charge < -0.3 is 18.9 Å². The maximum atomic E-state index is 12.3. The van der Waals surface area contributed by atoms with Crippen molar-refractivity contribution in [3.63, 3.8) is 0 Å². The van der Waals surface area contributed by atoms with Crippen LogP contribution in [0.2, 0.25) is 0 Å². The molecule has 0 radical (unpaired) electrons. The number of hydrazone groups is 1. The fraction of sp³-hybridized carbons (Fsp3) is 0.611. The van der Waals surface area contributed by atoms with E-state index in [0.717, 1.165) is 41.5 Å². The van der Waals surface area contributed by atoms with Gasteiger partial charge >= 0.3 is 17.9 Å². The fourth-order valence-electron chi connectivity index (χ4n) is 2.76. The number of ether oxygens (including phenoxy) is 4. The third-order valence-corrected chi connectivity index (χ3v) is 3.68. The van der Waals surface area contributed by atoms with E-state index in [9.17, 15) is 28.8 Å². The lowest BCUT2D eigenvalue weighted by Gasteiger charge is -2.42. The number of nitrogens with one attached hydrogen (secondary N) is 2. The van der Waals surface area contributed by atoms with E-state index in [4.69, 9.17) is 18.9 Å². The second-order valence-corrected chi connectivity index (χ2v) is 6.69. The topological polar surface area (TPSA) is 179 Å². The Bertz CT molecular complexity index is 794. The molecule has 0 aromatic carbocycles. The summed E-state index contributed by atoms with van der Waals surface area (Å²) in [5, 5.41) is 9.07. The number of hydrogen-bond acceptors (Lipinski definition) is 11. The number of amides is 3. The quantitative estimate of drug-likeness (QED) is 0.162. The first-order chi connectivity index (χ1) is 14.8. The number of nitrogens with zero attached hydrogens (tertiary/aromatic N) is 2. The molecule has 0 aromatic heterocycles. The first kappa shape index (κ1) is 26.5. The molecular weight excluding hydrogens is 432 g/mol. The van der Waals surface area contributed by atoms with Gasteiger partial charge in [-0.25, -0.2) is 0 Å². The zero-order valence-electron chi connectivity index (χ0n) is 18.5. The van der Waals surface area contributed by atoms with Crippen molar-refractivity contribution >= 4 is 41.6 Å². The van der Waals surface area contributed by atoms with Crippen LogP contribution in [0, 0.1) is 0 Å². The summed E-state index contributed by atoms with van der Waals surface area (Å²) in [7, 11) is 0. The van der Waals surface area contributed by atoms with Crippen LogP contribution in [0.5, 0.6) is 0 Å². The van der Waals surface area contributed by atoms with E-state index in [-0.39, 0.29) is 6.61 Å². The molecular formula is C18H26N4O10. The summed E-state index contributed by atoms with van der Waals surface area (Å²) < 4.78 is 21.1. The molecule has 32 heavy (non-hydrogen) atoms. The average molecular weight is 458 g/mol. The predicted octanol–water partition coefficient (Wildman–Crippen LogP) is -1.47. The molecule has 14 nitrogen and oxygen atoms in total. The van der Waals surface area contributed by atoms with Crippen molar-refractivity contribution in [1.82, 2.24) is 15.6 Å². The molecule has 0 aromatic rings. The van der Waals surface area contributed by atoms with Crippen molar-refractivity contribution < 1.29 is 47.7 Å². The SMILES string of the molecule is CC(=O)NC(=NN(C(C)=O)[C@@H]1OC[C@@H](OC(C)=O)[C@H](OC(C)=O)[C@H]1OC(C)=O)NC(C)=O. The molecule has 0 unspecified atom stereocenters. The molecule has 0 aliphatic carbocycles. The summed E-state index contributed by atoms with van der Waals surface area (Å²) in [6.07, 6.45) is -5.44. The molecule has 1 saturated heterocycles. The molecule has 0 spiro atoms. The van der Waals surface area contributed by atoms with Gasteiger partial charge in [0.05, 0.1) is 6.61 Å². The normalized spacial score (nSPS) is 21.9. The molecule has 2 N–H and O–H groups in total.